The van der Waals surface area contributed by atoms with Crippen molar-refractivity contribution in [1.82, 2.24) is 19.7 Å². The van der Waals surface area contributed by atoms with Gasteiger partial charge in [-0.1, -0.05) is 44.2 Å². The van der Waals surface area contributed by atoms with E-state index in [0.717, 1.165) is 54.5 Å². The summed E-state index contributed by atoms with van der Waals surface area (Å²) in [4.78, 5) is 5.03. The van der Waals surface area contributed by atoms with Crippen LogP contribution in [0.15, 0.2) is 30.3 Å². The summed E-state index contributed by atoms with van der Waals surface area (Å²) < 4.78 is 2.27. The van der Waals surface area contributed by atoms with Gasteiger partial charge < -0.3 is 20.9 Å². The van der Waals surface area contributed by atoms with E-state index in [1.54, 1.807) is 0 Å². The Kier molecular flexibility index (Phi) is 6.41. The Labute approximate surface area is 185 Å². The molecule has 1 saturated carbocycles. The van der Waals surface area contributed by atoms with Gasteiger partial charge in [0.25, 0.3) is 0 Å². The third-order valence-electron chi connectivity index (χ3n) is 6.11. The number of benzene rings is 1. The maximum absolute atomic E-state index is 6.13. The van der Waals surface area contributed by atoms with Gasteiger partial charge in [0.05, 0.1) is 11.4 Å². The summed E-state index contributed by atoms with van der Waals surface area (Å²) in [6.07, 6.45) is 4.25. The summed E-state index contributed by atoms with van der Waals surface area (Å²) in [6.45, 7) is 9.41. The first-order valence-electron chi connectivity index (χ1n) is 11.5. The number of aromatic nitrogens is 4. The lowest BCUT2D eigenvalue weighted by atomic mass is 9.92. The van der Waals surface area contributed by atoms with Crippen molar-refractivity contribution in [2.45, 2.75) is 84.0 Å². The van der Waals surface area contributed by atoms with E-state index in [-0.39, 0.29) is 12.0 Å². The average molecular weight is 422 g/mol. The van der Waals surface area contributed by atoms with Crippen molar-refractivity contribution in [2.75, 3.05) is 10.6 Å². The fraction of sp³-hybridized carbons (Fsp3) is 0.542. The van der Waals surface area contributed by atoms with E-state index in [9.17, 15) is 0 Å². The van der Waals surface area contributed by atoms with Gasteiger partial charge in [-0.3, -0.25) is 0 Å². The van der Waals surface area contributed by atoms with Crippen LogP contribution >= 0.6 is 0 Å². The van der Waals surface area contributed by atoms with E-state index >= 15 is 0 Å². The van der Waals surface area contributed by atoms with E-state index in [4.69, 9.17) is 10.7 Å². The zero-order chi connectivity index (χ0) is 22.0. The highest BCUT2D eigenvalue weighted by molar-refractivity contribution is 5.75. The van der Waals surface area contributed by atoms with Crippen molar-refractivity contribution < 1.29 is 0 Å². The summed E-state index contributed by atoms with van der Waals surface area (Å²) >= 11 is 0. The van der Waals surface area contributed by atoms with Crippen LogP contribution in [0.4, 0.5) is 11.8 Å². The summed E-state index contributed by atoms with van der Waals surface area (Å²) in [5.41, 5.74) is 10.3. The number of fused-ring (bicyclic) bond motifs is 1. The monoisotopic (exact) mass is 421 g/mol. The molecule has 2 heterocycles. The lowest BCUT2D eigenvalue weighted by molar-refractivity contribution is 0.407. The number of nitrogens with two attached hydrogens (primary N) is 1. The second-order valence-electron chi connectivity index (χ2n) is 9.28. The number of hydrogen-bond donors (Lipinski definition) is 3. The van der Waals surface area contributed by atoms with Gasteiger partial charge in [0.2, 0.25) is 5.95 Å². The molecule has 0 radical (unpaired) electrons. The molecule has 1 aromatic rings. The van der Waals surface area contributed by atoms with Crippen molar-refractivity contribution in [1.29, 1.82) is 0 Å². The third-order valence-corrected chi connectivity index (χ3v) is 6.11. The number of anilines is 2. The normalized spacial score (nSPS) is 19.3. The lowest BCUT2D eigenvalue weighted by Crippen LogP contribution is -2.34. The maximum Gasteiger partial charge on any atom is 0.205 e. The molecule has 3 aliphatic rings. The Morgan fingerprint density at radius 3 is 2.39 bits per heavy atom. The summed E-state index contributed by atoms with van der Waals surface area (Å²) in [5.74, 6) is 1.94. The summed E-state index contributed by atoms with van der Waals surface area (Å²) in [6, 6.07) is 11.3. The topological polar surface area (TPSA) is 93.7 Å². The minimum absolute atomic E-state index is 0.232. The molecule has 0 amide bonds. The molecule has 2 aliphatic heterocycles. The van der Waals surface area contributed by atoms with Gasteiger partial charge >= 0.3 is 0 Å². The molecule has 0 saturated heterocycles. The average Bonchev–Trinajstić information content (AvgIpc) is 3.19. The van der Waals surface area contributed by atoms with Crippen molar-refractivity contribution in [2.24, 2.45) is 5.73 Å². The van der Waals surface area contributed by atoms with Crippen molar-refractivity contribution in [3.05, 3.63) is 41.6 Å². The van der Waals surface area contributed by atoms with E-state index in [1.807, 2.05) is 6.07 Å². The molecule has 0 spiro atoms. The van der Waals surface area contributed by atoms with Gasteiger partial charge in [0.1, 0.15) is 0 Å². The number of hydrogen-bond acceptors (Lipinski definition) is 6. The fourth-order valence-electron chi connectivity index (χ4n) is 4.38. The quantitative estimate of drug-likeness (QED) is 0.508. The molecule has 0 bridgehead atoms. The first-order chi connectivity index (χ1) is 14.9. The highest BCUT2D eigenvalue weighted by Gasteiger charge is 2.29. The molecule has 1 aromatic carbocycles. The van der Waals surface area contributed by atoms with Crippen LogP contribution in [-0.4, -0.2) is 31.8 Å². The van der Waals surface area contributed by atoms with E-state index in [1.165, 1.54) is 5.56 Å². The molecule has 1 fully saturated rings. The van der Waals surface area contributed by atoms with Gasteiger partial charge in [0.15, 0.2) is 11.5 Å². The number of nitrogens with zero attached hydrogens (tertiary/aromatic N) is 4. The summed E-state index contributed by atoms with van der Waals surface area (Å²) in [7, 11) is 0. The Morgan fingerprint density at radius 2 is 1.74 bits per heavy atom. The first-order valence-corrected chi connectivity index (χ1v) is 11.5. The van der Waals surface area contributed by atoms with E-state index < -0.39 is 0 Å². The molecule has 1 aliphatic carbocycles. The minimum atomic E-state index is 0.232. The van der Waals surface area contributed by atoms with Gasteiger partial charge in [-0.15, -0.1) is 5.10 Å². The van der Waals surface area contributed by atoms with Crippen LogP contribution in [0.1, 0.15) is 76.6 Å². The number of nitrogens with one attached hydrogen (secondary N) is 2. The zero-order valence-corrected chi connectivity index (χ0v) is 19.1. The Balaban J connectivity index is 1.74. The van der Waals surface area contributed by atoms with Crippen LogP contribution in [0.3, 0.4) is 0 Å². The molecule has 0 aromatic heterocycles. The minimum Gasteiger partial charge on any atom is -0.364 e. The van der Waals surface area contributed by atoms with E-state index in [2.05, 4.69) is 77.4 Å². The molecular weight excluding hydrogens is 386 g/mol. The predicted octanol–water partition coefficient (Wildman–Crippen LogP) is 4.78. The van der Waals surface area contributed by atoms with E-state index in [0.29, 0.717) is 18.6 Å². The fourth-order valence-corrected chi connectivity index (χ4v) is 4.38. The van der Waals surface area contributed by atoms with Gasteiger partial charge in [-0.05, 0) is 51.0 Å². The molecule has 4 rings (SSSR count). The number of rotatable bonds is 7. The van der Waals surface area contributed by atoms with Crippen LogP contribution in [0.25, 0.3) is 11.4 Å². The third kappa shape index (κ3) is 4.66. The molecule has 4 N–H and O–H groups in total. The predicted molar refractivity (Wildman–Crippen MR) is 127 cm³/mol. The standard InChI is InChI=1S/C24H35N7/c1-15(2)20-22-21(30-29-20)23(26-14-17-8-6-5-7-9-17)28-24(31(22)16(3)4)27-19-12-10-18(25)11-13-19/h5-9,15-16,18-19,26H,10-14,25H2,1-4H3,(H,27,28). The smallest absolute Gasteiger partial charge is 0.205 e. The lowest BCUT2D eigenvalue weighted by Gasteiger charge is -2.30. The van der Waals surface area contributed by atoms with Crippen LogP contribution in [0.5, 0.6) is 0 Å². The zero-order valence-electron chi connectivity index (χ0n) is 19.1. The Bertz CT molecular complexity index is 956. The second kappa shape index (κ2) is 9.22. The van der Waals surface area contributed by atoms with Crippen molar-refractivity contribution >= 4 is 11.8 Å². The Morgan fingerprint density at radius 1 is 1.03 bits per heavy atom. The molecular formula is C24H35N7. The van der Waals surface area contributed by atoms with Crippen molar-refractivity contribution in [3.8, 4) is 11.4 Å². The Hall–Kier alpha value is -2.67. The highest BCUT2D eigenvalue weighted by Crippen LogP contribution is 2.38. The summed E-state index contributed by atoms with van der Waals surface area (Å²) in [5, 5.41) is 16.4. The van der Waals surface area contributed by atoms with Crippen LogP contribution in [-0.2, 0) is 6.54 Å². The molecule has 7 nitrogen and oxygen atoms in total. The largest absolute Gasteiger partial charge is 0.364 e. The van der Waals surface area contributed by atoms with Crippen LogP contribution in [0, 0.1) is 0 Å². The molecule has 166 valence electrons. The van der Waals surface area contributed by atoms with Gasteiger partial charge in [0, 0.05) is 24.7 Å². The van der Waals surface area contributed by atoms with Crippen LogP contribution < -0.4 is 16.4 Å². The molecule has 31 heavy (non-hydrogen) atoms. The van der Waals surface area contributed by atoms with Gasteiger partial charge in [-0.25, -0.2) is 0 Å². The highest BCUT2D eigenvalue weighted by atomic mass is 15.3. The molecule has 0 unspecified atom stereocenters. The second-order valence-corrected chi connectivity index (χ2v) is 9.28. The van der Waals surface area contributed by atoms with Crippen molar-refractivity contribution in [3.63, 3.8) is 0 Å². The molecule has 7 heteroatoms. The van der Waals surface area contributed by atoms with Crippen LogP contribution in [0.2, 0.25) is 0 Å². The first kappa shape index (κ1) is 21.6. The molecule has 0 atom stereocenters. The van der Waals surface area contributed by atoms with Gasteiger partial charge in [-0.2, -0.15) is 10.1 Å². The maximum atomic E-state index is 6.13. The SMILES string of the molecule is CC(C)c1nnc2c(NCc3ccccc3)nc(NC3CCC(N)CC3)n(C(C)C)c1-2.